The first-order chi connectivity index (χ1) is 15.5. The van der Waals surface area contributed by atoms with Crippen molar-refractivity contribution in [3.8, 4) is 11.1 Å². The van der Waals surface area contributed by atoms with E-state index in [0.29, 0.717) is 12.5 Å². The predicted octanol–water partition coefficient (Wildman–Crippen LogP) is 3.22. The van der Waals surface area contributed by atoms with Crippen LogP contribution in [0.5, 0.6) is 0 Å². The van der Waals surface area contributed by atoms with Gasteiger partial charge in [0.05, 0.1) is 13.0 Å². The molecule has 0 aromatic heterocycles. The lowest BCUT2D eigenvalue weighted by molar-refractivity contribution is -0.144. The Bertz CT molecular complexity index is 958. The number of hydrogen-bond donors (Lipinski definition) is 3. The van der Waals surface area contributed by atoms with Crippen molar-refractivity contribution in [2.75, 3.05) is 13.2 Å². The summed E-state index contributed by atoms with van der Waals surface area (Å²) in [4.78, 5) is 41.1. The van der Waals surface area contributed by atoms with Crippen LogP contribution in [0.15, 0.2) is 48.5 Å². The number of carboxylic acids is 1. The Kier molecular flexibility index (Phi) is 6.70. The van der Waals surface area contributed by atoms with E-state index in [9.17, 15) is 14.4 Å². The minimum atomic E-state index is -1.30. The Morgan fingerprint density at radius 2 is 1.59 bits per heavy atom. The topological polar surface area (TPSA) is 114 Å². The molecule has 2 aromatic rings. The molecule has 2 aliphatic carbocycles. The fraction of sp³-hybridized carbons (Fsp3) is 0.375. The highest BCUT2D eigenvalue weighted by molar-refractivity contribution is 5.88. The van der Waals surface area contributed by atoms with E-state index in [4.69, 9.17) is 14.7 Å². The van der Waals surface area contributed by atoms with E-state index in [2.05, 4.69) is 10.8 Å². The monoisotopic (exact) mass is 438 g/mol. The molecule has 0 aliphatic heterocycles. The first-order valence-corrected chi connectivity index (χ1v) is 10.8. The van der Waals surface area contributed by atoms with Gasteiger partial charge < -0.3 is 15.2 Å². The zero-order valence-electron chi connectivity index (χ0n) is 17.6. The molecule has 0 heterocycles. The number of rotatable bonds is 9. The van der Waals surface area contributed by atoms with Crippen molar-refractivity contribution in [2.45, 2.75) is 37.6 Å². The van der Waals surface area contributed by atoms with Crippen LogP contribution in [0.25, 0.3) is 11.1 Å². The first-order valence-electron chi connectivity index (χ1n) is 10.8. The smallest absolute Gasteiger partial charge is 0.407 e. The van der Waals surface area contributed by atoms with Gasteiger partial charge in [-0.25, -0.2) is 10.3 Å². The van der Waals surface area contributed by atoms with E-state index in [-0.39, 0.29) is 12.5 Å². The molecule has 1 atom stereocenters. The van der Waals surface area contributed by atoms with Crippen LogP contribution in [0.3, 0.4) is 0 Å². The largest absolute Gasteiger partial charge is 0.481 e. The third-order valence-electron chi connectivity index (χ3n) is 6.05. The Morgan fingerprint density at radius 1 is 0.969 bits per heavy atom. The van der Waals surface area contributed by atoms with Crippen molar-refractivity contribution in [3.63, 3.8) is 0 Å². The molecule has 0 spiro atoms. The average Bonchev–Trinajstić information content (AvgIpc) is 3.07. The quantitative estimate of drug-likeness (QED) is 0.518. The van der Waals surface area contributed by atoms with Gasteiger partial charge in [-0.1, -0.05) is 55.0 Å². The molecule has 1 unspecified atom stereocenters. The molecule has 4 rings (SSSR count). The summed E-state index contributed by atoms with van der Waals surface area (Å²) < 4.78 is 5.41. The summed E-state index contributed by atoms with van der Waals surface area (Å²) in [6.07, 6.45) is 1.81. The van der Waals surface area contributed by atoms with Crippen molar-refractivity contribution in [2.24, 2.45) is 5.92 Å². The van der Waals surface area contributed by atoms with Crippen LogP contribution in [0.2, 0.25) is 0 Å². The lowest BCUT2D eigenvalue weighted by atomic mass is 9.86. The van der Waals surface area contributed by atoms with Crippen LogP contribution in [0, 0.1) is 5.92 Å². The summed E-state index contributed by atoms with van der Waals surface area (Å²) in [6, 6.07) is 14.6. The zero-order chi connectivity index (χ0) is 22.5. The van der Waals surface area contributed by atoms with E-state index >= 15 is 0 Å². The van der Waals surface area contributed by atoms with Crippen LogP contribution in [-0.2, 0) is 19.2 Å². The van der Waals surface area contributed by atoms with Gasteiger partial charge in [-0.3, -0.25) is 14.4 Å². The summed E-state index contributed by atoms with van der Waals surface area (Å²) in [5, 5.41) is 11.5. The number of carbonyl (C=O) groups is 3. The molecular formula is C24H26N2O6. The van der Waals surface area contributed by atoms with Crippen molar-refractivity contribution in [3.05, 3.63) is 59.7 Å². The summed E-state index contributed by atoms with van der Waals surface area (Å²) in [6.45, 7) is 0.440. The lowest BCUT2D eigenvalue weighted by Crippen LogP contribution is -2.48. The summed E-state index contributed by atoms with van der Waals surface area (Å²) in [5.41, 5.74) is 6.57. The third-order valence-corrected chi connectivity index (χ3v) is 6.05. The molecule has 2 aromatic carbocycles. The molecule has 168 valence electrons. The highest BCUT2D eigenvalue weighted by atomic mass is 16.7. The number of alkyl carbamates (subject to hydrolysis) is 1. The second kappa shape index (κ2) is 9.82. The summed E-state index contributed by atoms with van der Waals surface area (Å²) in [7, 11) is 0. The molecule has 32 heavy (non-hydrogen) atoms. The highest BCUT2D eigenvalue weighted by Gasteiger charge is 2.30. The van der Waals surface area contributed by atoms with Crippen molar-refractivity contribution in [1.82, 2.24) is 10.8 Å². The Balaban J connectivity index is 1.35. The molecule has 0 bridgehead atoms. The van der Waals surface area contributed by atoms with Crippen LogP contribution >= 0.6 is 0 Å². The van der Waals surface area contributed by atoms with Crippen molar-refractivity contribution >= 4 is 18.0 Å². The van der Waals surface area contributed by atoms with E-state index in [1.807, 2.05) is 48.5 Å². The van der Waals surface area contributed by atoms with E-state index in [1.165, 1.54) is 0 Å². The number of hydroxylamine groups is 1. The molecule has 1 saturated carbocycles. The van der Waals surface area contributed by atoms with E-state index < -0.39 is 30.4 Å². The van der Waals surface area contributed by atoms with Gasteiger partial charge in [-0.15, -0.1) is 0 Å². The molecule has 1 fully saturated rings. The average molecular weight is 438 g/mol. The van der Waals surface area contributed by atoms with E-state index in [1.54, 1.807) is 0 Å². The van der Waals surface area contributed by atoms with Gasteiger partial charge in [-0.05, 0) is 41.0 Å². The standard InChI is InChI=1S/C24H26N2O6/c27-22(28)12-21(23(29)26-32-13-15-6-5-7-15)25-24(30)31-14-20-18-10-3-1-8-16(18)17-9-2-4-11-19(17)20/h1-4,8-11,15,20-21H,5-7,12-14H2,(H,25,30)(H,26,29)(H,27,28). The Labute approximate surface area is 185 Å². The SMILES string of the molecule is O=C(O)CC(NC(=O)OCC1c2ccccc2-c2ccccc21)C(=O)NOCC1CCC1. The lowest BCUT2D eigenvalue weighted by Gasteiger charge is -2.25. The molecule has 0 radical (unpaired) electrons. The van der Waals surface area contributed by atoms with Gasteiger partial charge in [-0.2, -0.15) is 0 Å². The number of hydrogen-bond acceptors (Lipinski definition) is 5. The number of carbonyl (C=O) groups excluding carboxylic acids is 2. The molecule has 2 amide bonds. The maximum Gasteiger partial charge on any atom is 0.407 e. The van der Waals surface area contributed by atoms with Gasteiger partial charge in [0.25, 0.3) is 5.91 Å². The molecule has 8 nitrogen and oxygen atoms in total. The number of carboxylic acid groups (broad SMARTS) is 1. The van der Waals surface area contributed by atoms with Crippen LogP contribution in [-0.4, -0.2) is 42.3 Å². The van der Waals surface area contributed by atoms with Crippen molar-refractivity contribution in [1.29, 1.82) is 0 Å². The Hall–Kier alpha value is -3.39. The minimum Gasteiger partial charge on any atom is -0.481 e. The van der Waals surface area contributed by atoms with Crippen LogP contribution in [0.4, 0.5) is 4.79 Å². The summed E-state index contributed by atoms with van der Waals surface area (Å²) in [5.74, 6) is -1.67. The number of benzene rings is 2. The number of amides is 2. The van der Waals surface area contributed by atoms with Gasteiger partial charge in [0.1, 0.15) is 12.6 Å². The van der Waals surface area contributed by atoms with Gasteiger partial charge in [0.2, 0.25) is 0 Å². The number of aliphatic carboxylic acids is 1. The van der Waals surface area contributed by atoms with Gasteiger partial charge in [0, 0.05) is 5.92 Å². The molecule has 8 heteroatoms. The fourth-order valence-corrected chi connectivity index (χ4v) is 4.13. The zero-order valence-corrected chi connectivity index (χ0v) is 17.6. The van der Waals surface area contributed by atoms with Gasteiger partial charge in [0.15, 0.2) is 0 Å². The normalized spacial score (nSPS) is 15.8. The second-order valence-corrected chi connectivity index (χ2v) is 8.19. The Morgan fingerprint density at radius 3 is 2.16 bits per heavy atom. The number of ether oxygens (including phenoxy) is 1. The highest BCUT2D eigenvalue weighted by Crippen LogP contribution is 2.44. The fourth-order valence-electron chi connectivity index (χ4n) is 4.13. The first kappa shape index (κ1) is 21.8. The maximum absolute atomic E-state index is 12.4. The predicted molar refractivity (Wildman–Crippen MR) is 116 cm³/mol. The molecule has 2 aliphatic rings. The number of nitrogens with one attached hydrogen (secondary N) is 2. The minimum absolute atomic E-state index is 0.0689. The third kappa shape index (κ3) is 4.91. The van der Waals surface area contributed by atoms with Crippen LogP contribution < -0.4 is 10.8 Å². The summed E-state index contributed by atoms with van der Waals surface area (Å²) >= 11 is 0. The molecular weight excluding hydrogens is 412 g/mol. The van der Waals surface area contributed by atoms with Gasteiger partial charge >= 0.3 is 12.1 Å². The molecule has 0 saturated heterocycles. The second-order valence-electron chi connectivity index (χ2n) is 8.19. The van der Waals surface area contributed by atoms with Crippen LogP contribution in [0.1, 0.15) is 42.7 Å². The maximum atomic E-state index is 12.4. The molecule has 3 N–H and O–H groups in total. The van der Waals surface area contributed by atoms with Crippen molar-refractivity contribution < 1.29 is 29.1 Å². The van der Waals surface area contributed by atoms with E-state index in [0.717, 1.165) is 41.5 Å². The number of fused-ring (bicyclic) bond motifs is 3.